The van der Waals surface area contributed by atoms with Crippen LogP contribution in [0.2, 0.25) is 0 Å². The van der Waals surface area contributed by atoms with Crippen molar-refractivity contribution in [2.24, 2.45) is 0 Å². The smallest absolute Gasteiger partial charge is 0.336 e. The zero-order valence-electron chi connectivity index (χ0n) is 21.2. The summed E-state index contributed by atoms with van der Waals surface area (Å²) in [5.74, 6) is -2.44. The minimum atomic E-state index is -1.22. The maximum Gasteiger partial charge on any atom is 0.336 e. The molecule has 0 spiro atoms. The SMILES string of the molecule is CCOC(C)OC(C)OC(C)c1c(C(=O)O)ccc(C(=O)O)c1C(C)OC(C)OC(C)OCC. The van der Waals surface area contributed by atoms with Crippen molar-refractivity contribution in [3.63, 3.8) is 0 Å². The maximum absolute atomic E-state index is 12.0. The van der Waals surface area contributed by atoms with Gasteiger partial charge in [-0.15, -0.1) is 0 Å². The van der Waals surface area contributed by atoms with Crippen LogP contribution in [0.15, 0.2) is 12.1 Å². The second-order valence-corrected chi connectivity index (χ2v) is 7.61. The first-order chi connectivity index (χ1) is 15.9. The Labute approximate surface area is 201 Å². The highest BCUT2D eigenvalue weighted by molar-refractivity contribution is 5.95. The molecular formula is C24H38O10. The topological polar surface area (TPSA) is 130 Å². The lowest BCUT2D eigenvalue weighted by Gasteiger charge is -2.29. The summed E-state index contributed by atoms with van der Waals surface area (Å²) in [6.45, 7) is 14.6. The summed E-state index contributed by atoms with van der Waals surface area (Å²) in [7, 11) is 0. The average molecular weight is 487 g/mol. The third-order valence-corrected chi connectivity index (χ3v) is 4.92. The maximum atomic E-state index is 12.0. The van der Waals surface area contributed by atoms with Crippen LogP contribution < -0.4 is 0 Å². The van der Waals surface area contributed by atoms with Gasteiger partial charge in [0.15, 0.2) is 25.2 Å². The van der Waals surface area contributed by atoms with E-state index in [1.54, 1.807) is 41.5 Å². The van der Waals surface area contributed by atoms with Gasteiger partial charge in [0.05, 0.1) is 23.3 Å². The minimum Gasteiger partial charge on any atom is -0.478 e. The van der Waals surface area contributed by atoms with Crippen LogP contribution in [0.4, 0.5) is 0 Å². The summed E-state index contributed by atoms with van der Waals surface area (Å²) < 4.78 is 33.7. The number of hydrogen-bond acceptors (Lipinski definition) is 8. The van der Waals surface area contributed by atoms with E-state index in [9.17, 15) is 19.8 Å². The predicted molar refractivity (Wildman–Crippen MR) is 123 cm³/mol. The highest BCUT2D eigenvalue weighted by Gasteiger charge is 2.30. The van der Waals surface area contributed by atoms with E-state index in [1.165, 1.54) is 12.1 Å². The largest absolute Gasteiger partial charge is 0.478 e. The fourth-order valence-corrected chi connectivity index (χ4v) is 3.75. The van der Waals surface area contributed by atoms with E-state index in [-0.39, 0.29) is 22.3 Å². The van der Waals surface area contributed by atoms with Crippen LogP contribution in [-0.4, -0.2) is 60.5 Å². The summed E-state index contributed by atoms with van der Waals surface area (Å²) in [6, 6.07) is 2.51. The first kappa shape index (κ1) is 30.0. The Hall–Kier alpha value is -2.08. The second kappa shape index (κ2) is 14.3. The molecule has 0 fully saturated rings. The molecule has 1 aromatic carbocycles. The Kier molecular flexibility index (Phi) is 12.6. The quantitative estimate of drug-likeness (QED) is 0.316. The van der Waals surface area contributed by atoms with E-state index < -0.39 is 49.3 Å². The van der Waals surface area contributed by atoms with Crippen LogP contribution >= 0.6 is 0 Å². The first-order valence-electron chi connectivity index (χ1n) is 11.4. The number of benzene rings is 1. The number of aromatic carboxylic acids is 2. The van der Waals surface area contributed by atoms with Gasteiger partial charge in [0.1, 0.15) is 0 Å². The summed E-state index contributed by atoms with van der Waals surface area (Å²) in [5, 5.41) is 19.6. The molecule has 10 nitrogen and oxygen atoms in total. The molecule has 1 aromatic rings. The first-order valence-corrected chi connectivity index (χ1v) is 11.4. The number of carboxylic acids is 2. The van der Waals surface area contributed by atoms with E-state index in [2.05, 4.69) is 0 Å². The molecule has 0 aliphatic heterocycles. The Morgan fingerprint density at radius 2 is 0.971 bits per heavy atom. The fraction of sp³-hybridized carbons (Fsp3) is 0.667. The lowest BCUT2D eigenvalue weighted by Crippen LogP contribution is -2.27. The number of rotatable bonds is 16. The van der Waals surface area contributed by atoms with E-state index in [1.807, 2.05) is 13.8 Å². The Morgan fingerprint density at radius 1 is 0.647 bits per heavy atom. The van der Waals surface area contributed by atoms with Crippen LogP contribution in [0.1, 0.15) is 99.4 Å². The molecule has 0 amide bonds. The van der Waals surface area contributed by atoms with Crippen molar-refractivity contribution in [3.8, 4) is 0 Å². The standard InChI is InChI=1S/C24H38O10/c1-9-29-15(5)33-17(7)31-13(3)21-19(23(25)26)11-12-20(24(27)28)22(21)14(4)32-18(8)34-16(6)30-10-2/h11-18H,9-10H2,1-8H3,(H,25,26)(H,27,28). The molecule has 0 aromatic heterocycles. The lowest BCUT2D eigenvalue weighted by molar-refractivity contribution is -0.246. The summed E-state index contributed by atoms with van der Waals surface area (Å²) in [6.07, 6.45) is -4.27. The van der Waals surface area contributed by atoms with Gasteiger partial charge in [0, 0.05) is 24.3 Å². The number of carbonyl (C=O) groups is 2. The normalized spacial score (nSPS) is 16.9. The molecule has 0 radical (unpaired) electrons. The van der Waals surface area contributed by atoms with Crippen LogP contribution in [0, 0.1) is 0 Å². The summed E-state index contributed by atoms with van der Waals surface area (Å²) in [4.78, 5) is 24.1. The van der Waals surface area contributed by atoms with Crippen LogP contribution in [0.25, 0.3) is 0 Å². The van der Waals surface area contributed by atoms with E-state index >= 15 is 0 Å². The zero-order valence-corrected chi connectivity index (χ0v) is 21.2. The van der Waals surface area contributed by atoms with Gasteiger partial charge in [0.25, 0.3) is 0 Å². The van der Waals surface area contributed by atoms with Crippen molar-refractivity contribution in [1.29, 1.82) is 0 Å². The van der Waals surface area contributed by atoms with Crippen molar-refractivity contribution < 1.29 is 48.2 Å². The summed E-state index contributed by atoms with van der Waals surface area (Å²) >= 11 is 0. The predicted octanol–water partition coefficient (Wildman–Crippen LogP) is 4.73. The molecule has 6 unspecified atom stereocenters. The van der Waals surface area contributed by atoms with E-state index in [0.29, 0.717) is 13.2 Å². The van der Waals surface area contributed by atoms with Gasteiger partial charge in [-0.3, -0.25) is 0 Å². The lowest BCUT2D eigenvalue weighted by atomic mass is 9.89. The molecule has 1 rings (SSSR count). The Morgan fingerprint density at radius 3 is 1.24 bits per heavy atom. The number of carboxylic acid groups (broad SMARTS) is 2. The highest BCUT2D eigenvalue weighted by Crippen LogP contribution is 2.35. The van der Waals surface area contributed by atoms with Crippen molar-refractivity contribution in [2.45, 2.75) is 92.8 Å². The van der Waals surface area contributed by atoms with Crippen LogP contribution in [-0.2, 0) is 28.4 Å². The molecule has 0 heterocycles. The number of hydrogen-bond donors (Lipinski definition) is 2. The van der Waals surface area contributed by atoms with Gasteiger partial charge in [-0.05, 0) is 67.5 Å². The third-order valence-electron chi connectivity index (χ3n) is 4.92. The van der Waals surface area contributed by atoms with Crippen molar-refractivity contribution in [1.82, 2.24) is 0 Å². The summed E-state index contributed by atoms with van der Waals surface area (Å²) in [5.41, 5.74) is 0.183. The van der Waals surface area contributed by atoms with Crippen molar-refractivity contribution in [2.75, 3.05) is 13.2 Å². The molecule has 2 N–H and O–H groups in total. The van der Waals surface area contributed by atoms with Gasteiger partial charge in [0.2, 0.25) is 0 Å². The molecule has 0 aliphatic rings. The molecular weight excluding hydrogens is 448 g/mol. The highest BCUT2D eigenvalue weighted by atomic mass is 16.8. The van der Waals surface area contributed by atoms with Gasteiger partial charge in [-0.2, -0.15) is 0 Å². The van der Waals surface area contributed by atoms with Crippen molar-refractivity contribution >= 4 is 11.9 Å². The monoisotopic (exact) mass is 486 g/mol. The van der Waals surface area contributed by atoms with Gasteiger partial charge >= 0.3 is 11.9 Å². The molecule has 34 heavy (non-hydrogen) atoms. The molecule has 194 valence electrons. The minimum absolute atomic E-state index is 0.0933. The van der Waals surface area contributed by atoms with E-state index in [0.717, 1.165) is 0 Å². The van der Waals surface area contributed by atoms with Gasteiger partial charge in [-0.1, -0.05) is 0 Å². The zero-order chi connectivity index (χ0) is 26.0. The fourth-order valence-electron chi connectivity index (χ4n) is 3.75. The van der Waals surface area contributed by atoms with Crippen LogP contribution in [0.3, 0.4) is 0 Å². The third kappa shape index (κ3) is 8.94. The van der Waals surface area contributed by atoms with E-state index in [4.69, 9.17) is 28.4 Å². The number of ether oxygens (including phenoxy) is 6. The Bertz CT molecular complexity index is 731. The molecule has 0 saturated carbocycles. The van der Waals surface area contributed by atoms with Crippen LogP contribution in [0.5, 0.6) is 0 Å². The molecule has 0 bridgehead atoms. The molecule has 0 aliphatic carbocycles. The Balaban J connectivity index is 3.36. The second-order valence-electron chi connectivity index (χ2n) is 7.61. The van der Waals surface area contributed by atoms with Gasteiger partial charge in [-0.25, -0.2) is 9.59 Å². The van der Waals surface area contributed by atoms with Crippen molar-refractivity contribution in [3.05, 3.63) is 34.4 Å². The molecule has 10 heteroatoms. The molecule has 0 saturated heterocycles. The van der Waals surface area contributed by atoms with Gasteiger partial charge < -0.3 is 38.6 Å². The average Bonchev–Trinajstić information content (AvgIpc) is 2.72. The molecule has 6 atom stereocenters.